The van der Waals surface area contributed by atoms with Crippen LogP contribution < -0.4 is 10.2 Å². The predicted octanol–water partition coefficient (Wildman–Crippen LogP) is 3.06. The number of amides is 1. The van der Waals surface area contributed by atoms with E-state index in [-0.39, 0.29) is 16.8 Å². The molecule has 0 aliphatic carbocycles. The van der Waals surface area contributed by atoms with E-state index in [0.29, 0.717) is 17.0 Å². The molecule has 8 heteroatoms. The Kier molecular flexibility index (Phi) is 6.55. The van der Waals surface area contributed by atoms with Gasteiger partial charge in [0.2, 0.25) is 0 Å². The average molecular weight is 383 g/mol. The van der Waals surface area contributed by atoms with Gasteiger partial charge in [-0.1, -0.05) is 35.5 Å². The van der Waals surface area contributed by atoms with Crippen LogP contribution in [-0.4, -0.2) is 21.4 Å². The first-order chi connectivity index (χ1) is 11.9. The molecule has 25 heavy (non-hydrogen) atoms. The molecule has 1 amide bonds. The van der Waals surface area contributed by atoms with Crippen molar-refractivity contribution < 1.29 is 18.0 Å². The molecular weight excluding hydrogens is 364 g/mol. The van der Waals surface area contributed by atoms with E-state index in [1.54, 1.807) is 12.1 Å². The minimum absolute atomic E-state index is 0.00985. The molecule has 2 aromatic rings. The van der Waals surface area contributed by atoms with E-state index in [0.717, 1.165) is 5.56 Å². The summed E-state index contributed by atoms with van der Waals surface area (Å²) >= 11 is 5.88. The summed E-state index contributed by atoms with van der Waals surface area (Å²) in [5.74, 6) is -0.287. The van der Waals surface area contributed by atoms with Crippen molar-refractivity contribution in [3.05, 3.63) is 64.7 Å². The van der Waals surface area contributed by atoms with Gasteiger partial charge in [-0.2, -0.15) is 0 Å². The lowest BCUT2D eigenvalue weighted by Gasteiger charge is -2.17. The van der Waals surface area contributed by atoms with Crippen molar-refractivity contribution in [1.29, 1.82) is 0 Å². The molecule has 0 aliphatic rings. The lowest BCUT2D eigenvalue weighted by atomic mass is 10.0. The summed E-state index contributed by atoms with van der Waals surface area (Å²) in [4.78, 5) is 18.8. The van der Waals surface area contributed by atoms with Crippen molar-refractivity contribution in [2.24, 2.45) is 0 Å². The van der Waals surface area contributed by atoms with E-state index in [2.05, 4.69) is 10.2 Å². The molecule has 0 spiro atoms. The summed E-state index contributed by atoms with van der Waals surface area (Å²) < 4.78 is 23.6. The molecule has 0 aliphatic heterocycles. The maximum atomic E-state index is 12.4. The van der Waals surface area contributed by atoms with Crippen LogP contribution in [0, 0.1) is 0 Å². The van der Waals surface area contributed by atoms with E-state index in [1.165, 1.54) is 31.4 Å². The minimum atomic E-state index is -3.74. The average Bonchev–Trinajstić information content (AvgIpc) is 2.60. The second-order valence-corrected chi connectivity index (χ2v) is 7.38. The smallest absolute Gasteiger partial charge is 0.262 e. The molecule has 0 bridgehead atoms. The first-order valence-corrected chi connectivity index (χ1v) is 9.44. The maximum Gasteiger partial charge on any atom is 0.262 e. The monoisotopic (exact) mass is 382 g/mol. The van der Waals surface area contributed by atoms with Crippen molar-refractivity contribution in [3.63, 3.8) is 0 Å². The van der Waals surface area contributed by atoms with Gasteiger partial charge in [0.25, 0.3) is 15.9 Å². The first-order valence-electron chi connectivity index (χ1n) is 7.58. The topological polar surface area (TPSA) is 84.5 Å². The van der Waals surface area contributed by atoms with Crippen molar-refractivity contribution in [2.75, 3.05) is 7.11 Å². The van der Waals surface area contributed by atoms with Crippen molar-refractivity contribution in [1.82, 2.24) is 10.2 Å². The minimum Gasteiger partial charge on any atom is -0.345 e. The highest BCUT2D eigenvalue weighted by Crippen LogP contribution is 2.20. The van der Waals surface area contributed by atoms with E-state index < -0.39 is 10.0 Å². The second kappa shape index (κ2) is 8.44. The third kappa shape index (κ3) is 5.02. The summed E-state index contributed by atoms with van der Waals surface area (Å²) in [6, 6.07) is 12.7. The third-order valence-corrected chi connectivity index (χ3v) is 5.14. The first kappa shape index (κ1) is 19.4. The zero-order chi connectivity index (χ0) is 18.4. The number of sulfonamides is 1. The van der Waals surface area contributed by atoms with Crippen LogP contribution in [0.2, 0.25) is 5.02 Å². The molecule has 0 aromatic heterocycles. The fourth-order valence-corrected chi connectivity index (χ4v) is 3.24. The molecule has 134 valence electrons. The fraction of sp³-hybridized carbons (Fsp3) is 0.235. The highest BCUT2D eigenvalue weighted by molar-refractivity contribution is 7.89. The van der Waals surface area contributed by atoms with E-state index in [4.69, 9.17) is 11.6 Å². The van der Waals surface area contributed by atoms with Gasteiger partial charge in [-0.25, -0.2) is 8.42 Å². The normalized spacial score (nSPS) is 12.6. The van der Waals surface area contributed by atoms with Gasteiger partial charge in [0.15, 0.2) is 0 Å². The van der Waals surface area contributed by atoms with Gasteiger partial charge >= 0.3 is 0 Å². The lowest BCUT2D eigenvalue weighted by molar-refractivity contribution is 0.0935. The Balaban J connectivity index is 2.13. The van der Waals surface area contributed by atoms with Crippen LogP contribution in [-0.2, 0) is 14.9 Å². The third-order valence-electron chi connectivity index (χ3n) is 3.61. The quantitative estimate of drug-likeness (QED) is 0.721. The van der Waals surface area contributed by atoms with Crippen molar-refractivity contribution >= 4 is 27.5 Å². The molecule has 0 saturated heterocycles. The lowest BCUT2D eigenvalue weighted by Crippen LogP contribution is -2.28. The van der Waals surface area contributed by atoms with Gasteiger partial charge in [0.05, 0.1) is 18.0 Å². The number of hydrogen-bond donors (Lipinski definition) is 2. The largest absolute Gasteiger partial charge is 0.345 e. The SMILES string of the molecule is CCC(NC(=O)c1ccc(S(=O)(=O)NOC)cc1)c1ccc(Cl)cc1. The van der Waals surface area contributed by atoms with Crippen LogP contribution in [0.15, 0.2) is 53.4 Å². The highest BCUT2D eigenvalue weighted by Gasteiger charge is 2.17. The summed E-state index contributed by atoms with van der Waals surface area (Å²) in [6.07, 6.45) is 0.706. The van der Waals surface area contributed by atoms with Gasteiger partial charge in [0, 0.05) is 10.6 Å². The molecule has 2 aromatic carbocycles. The molecular formula is C17H19ClN2O4S. The molecule has 1 unspecified atom stereocenters. The number of carbonyl (C=O) groups excluding carboxylic acids is 1. The Morgan fingerprint density at radius 3 is 2.24 bits per heavy atom. The van der Waals surface area contributed by atoms with Gasteiger partial charge in [-0.3, -0.25) is 9.63 Å². The summed E-state index contributed by atoms with van der Waals surface area (Å²) in [5.41, 5.74) is 1.31. The Morgan fingerprint density at radius 2 is 1.72 bits per heavy atom. The molecule has 0 fully saturated rings. The van der Waals surface area contributed by atoms with Crippen molar-refractivity contribution in [2.45, 2.75) is 24.3 Å². The fourth-order valence-electron chi connectivity index (χ4n) is 2.30. The zero-order valence-corrected chi connectivity index (χ0v) is 15.4. The van der Waals surface area contributed by atoms with Crippen LogP contribution in [0.4, 0.5) is 0 Å². The Hall–Kier alpha value is -1.93. The van der Waals surface area contributed by atoms with Gasteiger partial charge in [-0.15, -0.1) is 0 Å². The van der Waals surface area contributed by atoms with Gasteiger partial charge in [0.1, 0.15) is 0 Å². The van der Waals surface area contributed by atoms with E-state index in [1.807, 2.05) is 23.9 Å². The molecule has 0 radical (unpaired) electrons. The Labute approximate surface area is 152 Å². The standard InChI is InChI=1S/C17H19ClN2O4S/c1-3-16(12-4-8-14(18)9-5-12)19-17(21)13-6-10-15(11-7-13)25(22,23)20-24-2/h4-11,16,20H,3H2,1-2H3,(H,19,21). The van der Waals surface area contributed by atoms with E-state index in [9.17, 15) is 13.2 Å². The molecule has 0 heterocycles. The van der Waals surface area contributed by atoms with Crippen LogP contribution in [0.25, 0.3) is 0 Å². The molecule has 2 rings (SSSR count). The summed E-state index contributed by atoms with van der Waals surface area (Å²) in [6.45, 7) is 1.96. The number of nitrogens with one attached hydrogen (secondary N) is 2. The van der Waals surface area contributed by atoms with Crippen LogP contribution in [0.1, 0.15) is 35.3 Å². The molecule has 0 saturated carbocycles. The van der Waals surface area contributed by atoms with Crippen LogP contribution >= 0.6 is 11.6 Å². The molecule has 2 N–H and O–H groups in total. The Bertz CT molecular complexity index is 821. The highest BCUT2D eigenvalue weighted by atomic mass is 35.5. The van der Waals surface area contributed by atoms with E-state index >= 15 is 0 Å². The predicted molar refractivity (Wildman–Crippen MR) is 95.7 cm³/mol. The molecule has 6 nitrogen and oxygen atoms in total. The number of benzene rings is 2. The van der Waals surface area contributed by atoms with Crippen LogP contribution in [0.5, 0.6) is 0 Å². The molecule has 1 atom stereocenters. The maximum absolute atomic E-state index is 12.4. The number of carbonyl (C=O) groups is 1. The summed E-state index contributed by atoms with van der Waals surface area (Å²) in [7, 11) is -2.53. The Morgan fingerprint density at radius 1 is 1.12 bits per heavy atom. The number of rotatable bonds is 7. The second-order valence-electron chi connectivity index (χ2n) is 5.30. The van der Waals surface area contributed by atoms with Gasteiger partial charge < -0.3 is 5.32 Å². The van der Waals surface area contributed by atoms with Crippen molar-refractivity contribution in [3.8, 4) is 0 Å². The number of halogens is 1. The van der Waals surface area contributed by atoms with Crippen LogP contribution in [0.3, 0.4) is 0 Å². The summed E-state index contributed by atoms with van der Waals surface area (Å²) in [5, 5.41) is 3.56. The number of hydrogen-bond acceptors (Lipinski definition) is 4. The van der Waals surface area contributed by atoms with Gasteiger partial charge in [-0.05, 0) is 48.4 Å². The zero-order valence-electron chi connectivity index (χ0n) is 13.8.